The van der Waals surface area contributed by atoms with Crippen LogP contribution in [0.3, 0.4) is 0 Å². The van der Waals surface area contributed by atoms with Gasteiger partial charge in [-0.2, -0.15) is 0 Å². The van der Waals surface area contributed by atoms with Gasteiger partial charge in [0.25, 0.3) is 5.91 Å². The smallest absolute Gasteiger partial charge is 0.328 e. The van der Waals surface area contributed by atoms with E-state index in [4.69, 9.17) is 0 Å². The van der Waals surface area contributed by atoms with Crippen LogP contribution in [0.25, 0.3) is 0 Å². The Morgan fingerprint density at radius 3 is 2.63 bits per heavy atom. The molecule has 0 radical (unpaired) electrons. The Kier molecular flexibility index (Phi) is 4.07. The van der Waals surface area contributed by atoms with Crippen LogP contribution in [0.1, 0.15) is 32.6 Å². The van der Waals surface area contributed by atoms with Crippen molar-refractivity contribution in [3.05, 3.63) is 0 Å². The summed E-state index contributed by atoms with van der Waals surface area (Å²) in [6.45, 7) is 2.65. The number of carbonyl (C=O) groups is 2. The molecule has 6 heteroatoms. The second kappa shape index (κ2) is 5.59. The minimum atomic E-state index is -0.364. The number of urea groups is 1. The second-order valence-corrected chi connectivity index (χ2v) is 5.23. The van der Waals surface area contributed by atoms with Gasteiger partial charge in [-0.25, -0.2) is 9.79 Å². The highest BCUT2D eigenvalue weighted by Crippen LogP contribution is 2.24. The number of unbranched alkanes of at least 4 members (excludes halogenated alkanes) is 3. The molecule has 0 bridgehead atoms. The molecule has 2 heterocycles. The molecule has 1 saturated heterocycles. The molecule has 0 spiro atoms. The zero-order valence-electron chi connectivity index (χ0n) is 11.9. The summed E-state index contributed by atoms with van der Waals surface area (Å²) in [7, 11) is 3.53. The summed E-state index contributed by atoms with van der Waals surface area (Å²) in [6, 6.07) is -0.580. The van der Waals surface area contributed by atoms with Crippen LogP contribution in [0.15, 0.2) is 4.99 Å². The molecule has 19 heavy (non-hydrogen) atoms. The lowest BCUT2D eigenvalue weighted by molar-refractivity contribution is -0.137. The van der Waals surface area contributed by atoms with Gasteiger partial charge in [0, 0.05) is 20.6 Å². The van der Waals surface area contributed by atoms with Gasteiger partial charge in [0.1, 0.15) is 0 Å². The lowest BCUT2D eigenvalue weighted by Gasteiger charge is -2.40. The first-order valence-electron chi connectivity index (χ1n) is 6.91. The number of fused-ring (bicyclic) bond motifs is 1. The predicted octanol–water partition coefficient (Wildman–Crippen LogP) is 1.13. The monoisotopic (exact) mass is 266 g/mol. The van der Waals surface area contributed by atoms with Gasteiger partial charge in [0.15, 0.2) is 12.2 Å². The zero-order chi connectivity index (χ0) is 14.0. The highest BCUT2D eigenvalue weighted by Gasteiger charge is 2.48. The molecule has 1 fully saturated rings. The van der Waals surface area contributed by atoms with Gasteiger partial charge in [-0.1, -0.05) is 26.2 Å². The van der Waals surface area contributed by atoms with Gasteiger partial charge in [-0.15, -0.1) is 0 Å². The number of aliphatic imine (C=N–C) groups is 1. The molecule has 0 unspecified atom stereocenters. The summed E-state index contributed by atoms with van der Waals surface area (Å²) in [5.41, 5.74) is 0. The lowest BCUT2D eigenvalue weighted by Crippen LogP contribution is -2.64. The van der Waals surface area contributed by atoms with Crippen LogP contribution in [-0.4, -0.2) is 65.8 Å². The number of likely N-dealkylation sites (N-methyl/N-ethyl adjacent to an activating group) is 2. The molecule has 2 aliphatic rings. The Morgan fingerprint density at radius 2 is 1.95 bits per heavy atom. The Balaban J connectivity index is 2.03. The Bertz CT molecular complexity index is 396. The fraction of sp³-hybridized carbons (Fsp3) is 0.769. The van der Waals surface area contributed by atoms with Crippen molar-refractivity contribution in [2.24, 2.45) is 4.99 Å². The van der Waals surface area contributed by atoms with E-state index in [2.05, 4.69) is 11.9 Å². The Labute approximate surface area is 114 Å². The first-order chi connectivity index (χ1) is 9.07. The third-order valence-corrected chi connectivity index (χ3v) is 3.81. The van der Waals surface area contributed by atoms with Crippen LogP contribution in [0.4, 0.5) is 4.79 Å². The van der Waals surface area contributed by atoms with E-state index < -0.39 is 0 Å². The SMILES string of the molecule is CCCCCCN1C(=O)[C@H]2[C@@H](N=CN2C)N(C)C1=O. The van der Waals surface area contributed by atoms with Crippen molar-refractivity contribution in [1.82, 2.24) is 14.7 Å². The van der Waals surface area contributed by atoms with E-state index in [0.29, 0.717) is 6.54 Å². The molecule has 2 rings (SSSR count). The van der Waals surface area contributed by atoms with Gasteiger partial charge >= 0.3 is 6.03 Å². The molecule has 0 N–H and O–H groups in total. The number of nitrogens with zero attached hydrogens (tertiary/aromatic N) is 4. The normalized spacial score (nSPS) is 26.4. The van der Waals surface area contributed by atoms with Crippen molar-refractivity contribution in [1.29, 1.82) is 0 Å². The average molecular weight is 266 g/mol. The topological polar surface area (TPSA) is 56.2 Å². The molecule has 6 nitrogen and oxygen atoms in total. The van der Waals surface area contributed by atoms with E-state index in [1.807, 2.05) is 7.05 Å². The van der Waals surface area contributed by atoms with E-state index in [-0.39, 0.29) is 24.1 Å². The van der Waals surface area contributed by atoms with E-state index in [1.54, 1.807) is 23.2 Å². The number of hydrogen-bond acceptors (Lipinski definition) is 4. The molecule has 2 aliphatic heterocycles. The minimum Gasteiger partial charge on any atom is -0.351 e. The van der Waals surface area contributed by atoms with Crippen molar-refractivity contribution < 1.29 is 9.59 Å². The van der Waals surface area contributed by atoms with Gasteiger partial charge < -0.3 is 9.80 Å². The first-order valence-corrected chi connectivity index (χ1v) is 6.91. The molecule has 3 amide bonds. The van der Waals surface area contributed by atoms with E-state index in [1.165, 1.54) is 4.90 Å². The van der Waals surface area contributed by atoms with Crippen molar-refractivity contribution in [3.63, 3.8) is 0 Å². The molecule has 0 aromatic heterocycles. The lowest BCUT2D eigenvalue weighted by atomic mass is 10.1. The third kappa shape index (κ3) is 2.43. The van der Waals surface area contributed by atoms with Crippen LogP contribution in [0.2, 0.25) is 0 Å². The van der Waals surface area contributed by atoms with Gasteiger partial charge in [-0.3, -0.25) is 9.69 Å². The first kappa shape index (κ1) is 13.8. The van der Waals surface area contributed by atoms with E-state index in [9.17, 15) is 9.59 Å². The third-order valence-electron chi connectivity index (χ3n) is 3.81. The van der Waals surface area contributed by atoms with E-state index in [0.717, 1.165) is 25.7 Å². The highest BCUT2D eigenvalue weighted by molar-refractivity contribution is 6.01. The maximum absolute atomic E-state index is 12.4. The summed E-state index contributed by atoms with van der Waals surface area (Å²) >= 11 is 0. The molecule has 0 aromatic carbocycles. The Morgan fingerprint density at radius 1 is 1.21 bits per heavy atom. The maximum atomic E-state index is 12.4. The summed E-state index contributed by atoms with van der Waals surface area (Å²) in [6.07, 6.45) is 5.48. The van der Waals surface area contributed by atoms with Crippen LogP contribution >= 0.6 is 0 Å². The van der Waals surface area contributed by atoms with Crippen molar-refractivity contribution in [3.8, 4) is 0 Å². The fourth-order valence-electron chi connectivity index (χ4n) is 2.61. The largest absolute Gasteiger partial charge is 0.351 e. The van der Waals surface area contributed by atoms with Crippen LogP contribution < -0.4 is 0 Å². The summed E-state index contributed by atoms with van der Waals surface area (Å²) < 4.78 is 0. The van der Waals surface area contributed by atoms with Gasteiger partial charge in [-0.05, 0) is 6.42 Å². The van der Waals surface area contributed by atoms with Gasteiger partial charge in [0.05, 0.1) is 6.34 Å². The Hall–Kier alpha value is -1.59. The maximum Gasteiger partial charge on any atom is 0.328 e. The van der Waals surface area contributed by atoms with E-state index >= 15 is 0 Å². The van der Waals surface area contributed by atoms with Crippen molar-refractivity contribution in [2.75, 3.05) is 20.6 Å². The molecule has 0 saturated carbocycles. The quantitative estimate of drug-likeness (QED) is 0.701. The summed E-state index contributed by atoms with van der Waals surface area (Å²) in [5, 5.41) is 0. The number of imide groups is 1. The number of carbonyl (C=O) groups excluding carboxylic acids is 2. The summed E-state index contributed by atoms with van der Waals surface area (Å²) in [5.74, 6) is -0.121. The fourth-order valence-corrected chi connectivity index (χ4v) is 2.61. The standard InChI is InChI=1S/C13H22N4O2/c1-4-5-6-7-8-17-12(18)10-11(14-9-15(10)2)16(3)13(17)19/h9-11H,4-8H2,1-3H3/t10-,11+/m1/s1. The molecule has 2 atom stereocenters. The van der Waals surface area contributed by atoms with Crippen LogP contribution in [0.5, 0.6) is 0 Å². The van der Waals surface area contributed by atoms with Crippen LogP contribution in [-0.2, 0) is 4.79 Å². The molecule has 106 valence electrons. The minimum absolute atomic E-state index is 0.121. The molecular formula is C13H22N4O2. The number of rotatable bonds is 5. The molecule has 0 aromatic rings. The summed E-state index contributed by atoms with van der Waals surface area (Å²) in [4.78, 5) is 33.5. The van der Waals surface area contributed by atoms with Crippen LogP contribution in [0, 0.1) is 0 Å². The number of amides is 3. The number of hydrogen-bond donors (Lipinski definition) is 0. The van der Waals surface area contributed by atoms with Gasteiger partial charge in [0.2, 0.25) is 0 Å². The highest BCUT2D eigenvalue weighted by atomic mass is 16.2. The van der Waals surface area contributed by atoms with Crippen molar-refractivity contribution >= 4 is 18.3 Å². The predicted molar refractivity (Wildman–Crippen MR) is 72.8 cm³/mol. The average Bonchev–Trinajstić information content (AvgIpc) is 2.77. The van der Waals surface area contributed by atoms with Crippen molar-refractivity contribution in [2.45, 2.75) is 44.8 Å². The second-order valence-electron chi connectivity index (χ2n) is 5.23. The molecular weight excluding hydrogens is 244 g/mol. The zero-order valence-corrected chi connectivity index (χ0v) is 11.9. The molecule has 0 aliphatic carbocycles.